The maximum Gasteiger partial charge on any atom is 0.252 e. The number of ether oxygens (including phenoxy) is 1. The van der Waals surface area contributed by atoms with Crippen LogP contribution in [0.3, 0.4) is 0 Å². The maximum atomic E-state index is 14.0. The van der Waals surface area contributed by atoms with Gasteiger partial charge >= 0.3 is 0 Å². The number of benzene rings is 2. The van der Waals surface area contributed by atoms with E-state index in [2.05, 4.69) is 20.2 Å². The molecule has 2 aromatic carbocycles. The van der Waals surface area contributed by atoms with Gasteiger partial charge in [0.15, 0.2) is 0 Å². The topological polar surface area (TPSA) is 87.3 Å². The molecule has 1 fully saturated rings. The summed E-state index contributed by atoms with van der Waals surface area (Å²) in [4.78, 5) is 35.0. The summed E-state index contributed by atoms with van der Waals surface area (Å²) < 4.78 is 20.0. The van der Waals surface area contributed by atoms with Crippen LogP contribution in [0.25, 0.3) is 11.4 Å². The molecule has 1 saturated heterocycles. The summed E-state index contributed by atoms with van der Waals surface area (Å²) in [5.74, 6) is 0.683. The number of nitrogens with one attached hydrogen (secondary N) is 2. The lowest BCUT2D eigenvalue weighted by atomic mass is 10.0. The molecule has 7 nitrogen and oxygen atoms in total. The highest BCUT2D eigenvalue weighted by Crippen LogP contribution is 2.26. The number of carbonyl (C=O) groups excluding carboxylic acids is 2. The van der Waals surface area contributed by atoms with Crippen molar-refractivity contribution >= 4 is 11.7 Å². The number of rotatable bonds is 11. The first-order valence-corrected chi connectivity index (χ1v) is 13.6. The number of halogens is 1. The Labute approximate surface area is 233 Å². The molecule has 0 atom stereocenters. The van der Waals surface area contributed by atoms with E-state index >= 15 is 0 Å². The minimum absolute atomic E-state index is 0.0532. The number of pyridine rings is 1. The Bertz CT molecular complexity index is 1480. The fraction of sp³-hybridized carbons (Fsp3) is 0.281. The molecular weight excluding hydrogens is 507 g/mol. The van der Waals surface area contributed by atoms with Gasteiger partial charge in [0.1, 0.15) is 23.1 Å². The van der Waals surface area contributed by atoms with Gasteiger partial charge in [0.25, 0.3) is 5.91 Å². The molecule has 5 rings (SSSR count). The van der Waals surface area contributed by atoms with E-state index in [4.69, 9.17) is 4.74 Å². The van der Waals surface area contributed by atoms with Crippen LogP contribution in [0.15, 0.2) is 73.1 Å². The van der Waals surface area contributed by atoms with Gasteiger partial charge in [-0.1, -0.05) is 29.8 Å². The number of likely N-dealkylation sites (tertiary alicyclic amines) is 1. The number of carbonyl (C=O) groups is 2. The minimum atomic E-state index is -0.355. The van der Waals surface area contributed by atoms with E-state index in [1.54, 1.807) is 54.9 Å². The largest absolute Gasteiger partial charge is 0.457 e. The van der Waals surface area contributed by atoms with E-state index in [1.165, 1.54) is 18.9 Å². The number of ketones is 1. The summed E-state index contributed by atoms with van der Waals surface area (Å²) in [6, 6.07) is 17.4. The van der Waals surface area contributed by atoms with Crippen molar-refractivity contribution in [2.75, 3.05) is 26.2 Å². The first kappa shape index (κ1) is 27.3. The third kappa shape index (κ3) is 7.21. The number of aromatic nitrogens is 2. The molecule has 206 valence electrons. The van der Waals surface area contributed by atoms with E-state index in [0.29, 0.717) is 40.6 Å². The number of amides is 1. The van der Waals surface area contributed by atoms with Crippen LogP contribution in [0.1, 0.15) is 39.9 Å². The predicted octanol–water partition coefficient (Wildman–Crippen LogP) is 5.50. The average molecular weight is 541 g/mol. The van der Waals surface area contributed by atoms with Gasteiger partial charge in [0.05, 0.1) is 17.0 Å². The van der Waals surface area contributed by atoms with Crippen LogP contribution in [0.2, 0.25) is 0 Å². The molecule has 2 N–H and O–H groups in total. The molecule has 2 aromatic heterocycles. The van der Waals surface area contributed by atoms with E-state index < -0.39 is 0 Å². The molecule has 4 aromatic rings. The van der Waals surface area contributed by atoms with Crippen molar-refractivity contribution in [3.8, 4) is 22.9 Å². The maximum absolute atomic E-state index is 14.0. The molecule has 0 radical (unpaired) electrons. The number of aromatic amines is 1. The summed E-state index contributed by atoms with van der Waals surface area (Å²) in [6.07, 6.45) is 6.08. The Balaban J connectivity index is 1.15. The molecule has 0 aliphatic carbocycles. The minimum Gasteiger partial charge on any atom is -0.457 e. The zero-order valence-corrected chi connectivity index (χ0v) is 22.6. The van der Waals surface area contributed by atoms with Gasteiger partial charge in [-0.25, -0.2) is 4.39 Å². The fourth-order valence-electron chi connectivity index (χ4n) is 4.88. The van der Waals surface area contributed by atoms with Crippen molar-refractivity contribution in [2.24, 2.45) is 0 Å². The lowest BCUT2D eigenvalue weighted by Crippen LogP contribution is -2.33. The zero-order chi connectivity index (χ0) is 27.9. The Morgan fingerprint density at radius 1 is 1.00 bits per heavy atom. The lowest BCUT2D eigenvalue weighted by molar-refractivity contribution is -0.117. The van der Waals surface area contributed by atoms with Crippen LogP contribution in [-0.4, -0.2) is 52.7 Å². The van der Waals surface area contributed by atoms with Crippen LogP contribution in [-0.2, 0) is 17.6 Å². The molecular formula is C32H33FN4O3. The molecule has 0 bridgehead atoms. The molecule has 1 aliphatic heterocycles. The van der Waals surface area contributed by atoms with Gasteiger partial charge in [0.2, 0.25) is 0 Å². The van der Waals surface area contributed by atoms with Gasteiger partial charge in [-0.15, -0.1) is 0 Å². The van der Waals surface area contributed by atoms with Gasteiger partial charge in [-0.05, 0) is 74.3 Å². The first-order chi connectivity index (χ1) is 19.4. The van der Waals surface area contributed by atoms with E-state index in [9.17, 15) is 14.0 Å². The summed E-state index contributed by atoms with van der Waals surface area (Å²) in [5.41, 5.74) is 4.10. The molecule has 1 amide bonds. The number of Topliss-reactive ketones (excluding diaryl/α,β-unsaturated/α-hetero) is 1. The Morgan fingerprint density at radius 3 is 2.60 bits per heavy atom. The predicted molar refractivity (Wildman–Crippen MR) is 152 cm³/mol. The van der Waals surface area contributed by atoms with Crippen LogP contribution in [0.5, 0.6) is 11.5 Å². The first-order valence-electron chi connectivity index (χ1n) is 13.6. The van der Waals surface area contributed by atoms with Crippen molar-refractivity contribution in [3.63, 3.8) is 0 Å². The van der Waals surface area contributed by atoms with Gasteiger partial charge in [0, 0.05) is 44.4 Å². The van der Waals surface area contributed by atoms with E-state index in [1.807, 2.05) is 19.1 Å². The molecule has 40 heavy (non-hydrogen) atoms. The normalized spacial score (nSPS) is 13.3. The van der Waals surface area contributed by atoms with Gasteiger partial charge in [-0.3, -0.25) is 14.6 Å². The summed E-state index contributed by atoms with van der Waals surface area (Å²) >= 11 is 0. The van der Waals surface area contributed by atoms with Crippen LogP contribution in [0.4, 0.5) is 4.39 Å². The third-order valence-electron chi connectivity index (χ3n) is 7.01. The number of aryl methyl sites for hydroxylation is 1. The van der Waals surface area contributed by atoms with Crippen molar-refractivity contribution in [1.82, 2.24) is 20.2 Å². The number of hydrogen-bond donors (Lipinski definition) is 2. The number of hydrogen-bond acceptors (Lipinski definition) is 5. The lowest BCUT2D eigenvalue weighted by Gasteiger charge is -2.14. The second-order valence-electron chi connectivity index (χ2n) is 10.2. The highest BCUT2D eigenvalue weighted by Gasteiger charge is 2.14. The smallest absolute Gasteiger partial charge is 0.252 e. The Morgan fingerprint density at radius 2 is 1.80 bits per heavy atom. The van der Waals surface area contributed by atoms with Crippen molar-refractivity contribution in [1.29, 1.82) is 0 Å². The second kappa shape index (κ2) is 12.7. The standard InChI is InChI=1S/C32H33FN4O3/c1-22-4-9-29(33)24(16-22)18-26(38)17-23-5-7-27(8-6-23)40-28-10-11-34-31(20-28)30-19-25(21-36-30)32(39)35-12-15-37-13-2-3-14-37/h4-11,16,19-21,36H,2-3,12-15,17-18H2,1H3,(H,35,39). The molecule has 0 unspecified atom stereocenters. The average Bonchev–Trinajstić information content (AvgIpc) is 3.65. The summed E-state index contributed by atoms with van der Waals surface area (Å²) in [7, 11) is 0. The zero-order valence-electron chi connectivity index (χ0n) is 22.6. The third-order valence-corrected chi connectivity index (χ3v) is 7.01. The molecule has 1 aliphatic rings. The molecule has 3 heterocycles. The van der Waals surface area contributed by atoms with E-state index in [-0.39, 0.29) is 30.3 Å². The van der Waals surface area contributed by atoms with Crippen LogP contribution in [0, 0.1) is 12.7 Å². The van der Waals surface area contributed by atoms with Crippen molar-refractivity contribution < 1.29 is 18.7 Å². The fourth-order valence-corrected chi connectivity index (χ4v) is 4.88. The molecule has 0 saturated carbocycles. The summed E-state index contributed by atoms with van der Waals surface area (Å²) in [5, 5.41) is 2.98. The summed E-state index contributed by atoms with van der Waals surface area (Å²) in [6.45, 7) is 5.58. The Kier molecular flexibility index (Phi) is 8.66. The highest BCUT2D eigenvalue weighted by atomic mass is 19.1. The highest BCUT2D eigenvalue weighted by molar-refractivity contribution is 5.95. The second-order valence-corrected chi connectivity index (χ2v) is 10.2. The van der Waals surface area contributed by atoms with E-state index in [0.717, 1.165) is 30.8 Å². The van der Waals surface area contributed by atoms with Crippen LogP contribution < -0.4 is 10.1 Å². The Hall–Kier alpha value is -4.30. The quantitative estimate of drug-likeness (QED) is 0.263. The molecule has 8 heteroatoms. The number of nitrogens with zero attached hydrogens (tertiary/aromatic N) is 2. The SMILES string of the molecule is Cc1ccc(F)c(CC(=O)Cc2ccc(Oc3ccnc(-c4cc(C(=O)NCCN5CCCC5)c[nH]4)c3)cc2)c1. The van der Waals surface area contributed by atoms with Gasteiger partial charge < -0.3 is 19.9 Å². The number of H-pyrrole nitrogens is 1. The van der Waals surface area contributed by atoms with Crippen LogP contribution >= 0.6 is 0 Å². The van der Waals surface area contributed by atoms with Crippen molar-refractivity contribution in [2.45, 2.75) is 32.6 Å². The monoisotopic (exact) mass is 540 g/mol. The molecule has 0 spiro atoms. The van der Waals surface area contributed by atoms with Gasteiger partial charge in [-0.2, -0.15) is 0 Å². The van der Waals surface area contributed by atoms with Crippen molar-refractivity contribution in [3.05, 3.63) is 101 Å².